The summed E-state index contributed by atoms with van der Waals surface area (Å²) >= 11 is 0. The number of hydrogen-bond acceptors (Lipinski definition) is 6. The molecule has 8 heteroatoms. The molecule has 0 aliphatic carbocycles. The number of ether oxygens (including phenoxy) is 3. The van der Waals surface area contributed by atoms with E-state index in [1.165, 1.54) is 0 Å². The lowest BCUT2D eigenvalue weighted by molar-refractivity contribution is -0.127. The lowest BCUT2D eigenvalue weighted by Crippen LogP contribution is -2.50. The summed E-state index contributed by atoms with van der Waals surface area (Å²) in [5.41, 5.74) is 1.71. The molecule has 0 aromatic heterocycles. The Labute approximate surface area is 168 Å². The van der Waals surface area contributed by atoms with Crippen LogP contribution in [0.1, 0.15) is 18.5 Å². The summed E-state index contributed by atoms with van der Waals surface area (Å²) in [5.74, 6) is 1.60. The molecule has 0 radical (unpaired) electrons. The van der Waals surface area contributed by atoms with Crippen LogP contribution in [0.2, 0.25) is 0 Å². The molecule has 2 aromatic carbocycles. The zero-order chi connectivity index (χ0) is 20.4. The average Bonchev–Trinajstić information content (AvgIpc) is 3.20. The van der Waals surface area contributed by atoms with Crippen LogP contribution >= 0.6 is 0 Å². The SMILES string of the molecule is CNC(=O)[C@H]1CN(CC(=O)N[C@@H](C)c2ccc3c(c2)OCO3)c2ccccc2O1. The molecule has 4 rings (SSSR count). The van der Waals surface area contributed by atoms with Gasteiger partial charge in [0, 0.05) is 7.05 Å². The van der Waals surface area contributed by atoms with Gasteiger partial charge in [0.25, 0.3) is 5.91 Å². The zero-order valence-corrected chi connectivity index (χ0v) is 16.3. The van der Waals surface area contributed by atoms with Gasteiger partial charge in [-0.25, -0.2) is 0 Å². The molecule has 0 bridgehead atoms. The summed E-state index contributed by atoms with van der Waals surface area (Å²) < 4.78 is 16.5. The van der Waals surface area contributed by atoms with E-state index in [1.807, 2.05) is 48.2 Å². The molecule has 29 heavy (non-hydrogen) atoms. The van der Waals surface area contributed by atoms with Crippen LogP contribution in [0.15, 0.2) is 42.5 Å². The van der Waals surface area contributed by atoms with Gasteiger partial charge in [0.15, 0.2) is 17.6 Å². The first kappa shape index (κ1) is 18.9. The van der Waals surface area contributed by atoms with E-state index in [-0.39, 0.29) is 31.2 Å². The van der Waals surface area contributed by atoms with Gasteiger partial charge in [-0.15, -0.1) is 0 Å². The third kappa shape index (κ3) is 3.91. The molecule has 0 fully saturated rings. The molecule has 0 unspecified atom stereocenters. The maximum Gasteiger partial charge on any atom is 0.262 e. The van der Waals surface area contributed by atoms with E-state index >= 15 is 0 Å². The van der Waals surface area contributed by atoms with Crippen molar-refractivity contribution in [1.82, 2.24) is 10.6 Å². The highest BCUT2D eigenvalue weighted by Gasteiger charge is 2.31. The Morgan fingerprint density at radius 1 is 1.14 bits per heavy atom. The van der Waals surface area contributed by atoms with E-state index in [0.29, 0.717) is 23.8 Å². The highest BCUT2D eigenvalue weighted by Crippen LogP contribution is 2.35. The van der Waals surface area contributed by atoms with Gasteiger partial charge in [-0.05, 0) is 36.8 Å². The van der Waals surface area contributed by atoms with Crippen LogP contribution < -0.4 is 29.7 Å². The highest BCUT2D eigenvalue weighted by atomic mass is 16.7. The van der Waals surface area contributed by atoms with Crippen molar-refractivity contribution in [3.05, 3.63) is 48.0 Å². The number of amides is 2. The topological polar surface area (TPSA) is 89.1 Å². The Bertz CT molecular complexity index is 932. The Hall–Kier alpha value is -3.42. The highest BCUT2D eigenvalue weighted by molar-refractivity contribution is 5.86. The Kier molecular flexibility index (Phi) is 5.16. The second-order valence-electron chi connectivity index (χ2n) is 6.97. The van der Waals surface area contributed by atoms with Crippen LogP contribution in [0.25, 0.3) is 0 Å². The van der Waals surface area contributed by atoms with E-state index < -0.39 is 6.10 Å². The van der Waals surface area contributed by atoms with Crippen LogP contribution in [0.5, 0.6) is 17.2 Å². The number of carbonyl (C=O) groups is 2. The van der Waals surface area contributed by atoms with Crippen molar-refractivity contribution in [2.24, 2.45) is 0 Å². The summed E-state index contributed by atoms with van der Waals surface area (Å²) in [6, 6.07) is 12.8. The van der Waals surface area contributed by atoms with Crippen LogP contribution in [0.4, 0.5) is 5.69 Å². The van der Waals surface area contributed by atoms with Crippen LogP contribution in [-0.2, 0) is 9.59 Å². The predicted molar refractivity (Wildman–Crippen MR) is 106 cm³/mol. The average molecular weight is 397 g/mol. The number of nitrogens with zero attached hydrogens (tertiary/aromatic N) is 1. The molecule has 2 aliphatic heterocycles. The molecule has 0 saturated carbocycles. The summed E-state index contributed by atoms with van der Waals surface area (Å²) in [4.78, 5) is 26.7. The van der Waals surface area contributed by atoms with Crippen molar-refractivity contribution in [3.8, 4) is 17.2 Å². The van der Waals surface area contributed by atoms with Crippen molar-refractivity contribution in [2.75, 3.05) is 31.8 Å². The van der Waals surface area contributed by atoms with Crippen molar-refractivity contribution >= 4 is 17.5 Å². The van der Waals surface area contributed by atoms with Crippen molar-refractivity contribution < 1.29 is 23.8 Å². The Morgan fingerprint density at radius 3 is 2.76 bits per heavy atom. The second-order valence-corrected chi connectivity index (χ2v) is 6.97. The van der Waals surface area contributed by atoms with E-state index in [4.69, 9.17) is 14.2 Å². The first-order valence-electron chi connectivity index (χ1n) is 9.46. The number of hydrogen-bond donors (Lipinski definition) is 2. The number of anilines is 1. The number of fused-ring (bicyclic) bond motifs is 2. The fourth-order valence-corrected chi connectivity index (χ4v) is 3.48. The van der Waals surface area contributed by atoms with Crippen LogP contribution in [0.3, 0.4) is 0 Å². The van der Waals surface area contributed by atoms with Crippen molar-refractivity contribution in [2.45, 2.75) is 19.1 Å². The molecule has 2 aliphatic rings. The molecule has 2 N–H and O–H groups in total. The number of benzene rings is 2. The van der Waals surface area contributed by atoms with Gasteiger partial charge in [0.1, 0.15) is 5.75 Å². The fraction of sp³-hybridized carbons (Fsp3) is 0.333. The first-order valence-corrected chi connectivity index (χ1v) is 9.46. The van der Waals surface area contributed by atoms with Crippen LogP contribution in [0, 0.1) is 0 Å². The number of nitrogens with one attached hydrogen (secondary N) is 2. The lowest BCUT2D eigenvalue weighted by atomic mass is 10.1. The van der Waals surface area contributed by atoms with Gasteiger partial charge in [-0.1, -0.05) is 18.2 Å². The van der Waals surface area contributed by atoms with Gasteiger partial charge >= 0.3 is 0 Å². The number of likely N-dealkylation sites (N-methyl/N-ethyl adjacent to an activating group) is 1. The van der Waals surface area contributed by atoms with Gasteiger partial charge in [-0.2, -0.15) is 0 Å². The summed E-state index contributed by atoms with van der Waals surface area (Å²) in [6.07, 6.45) is -0.672. The van der Waals surface area contributed by atoms with Gasteiger partial charge < -0.3 is 29.7 Å². The standard InChI is InChI=1S/C21H23N3O5/c1-13(14-7-8-17-18(9-14)28-12-27-17)23-20(25)11-24-10-19(21(26)22-2)29-16-6-4-3-5-15(16)24/h3-9,13,19H,10-12H2,1-2H3,(H,22,26)(H,23,25)/t13-,19+/m0/s1. The Morgan fingerprint density at radius 2 is 1.93 bits per heavy atom. The predicted octanol–water partition coefficient (Wildman–Crippen LogP) is 1.61. The molecule has 0 saturated heterocycles. The van der Waals surface area contributed by atoms with E-state index in [2.05, 4.69) is 10.6 Å². The second kappa shape index (κ2) is 7.90. The minimum atomic E-state index is -0.672. The lowest BCUT2D eigenvalue weighted by Gasteiger charge is -2.35. The number of para-hydroxylation sites is 2. The summed E-state index contributed by atoms with van der Waals surface area (Å²) in [5, 5.41) is 5.61. The van der Waals surface area contributed by atoms with E-state index in [1.54, 1.807) is 13.1 Å². The maximum absolute atomic E-state index is 12.7. The first-order chi connectivity index (χ1) is 14.0. The third-order valence-corrected chi connectivity index (χ3v) is 5.01. The van der Waals surface area contributed by atoms with Gasteiger partial charge in [-0.3, -0.25) is 9.59 Å². The van der Waals surface area contributed by atoms with E-state index in [0.717, 1.165) is 11.3 Å². The Balaban J connectivity index is 1.45. The van der Waals surface area contributed by atoms with Gasteiger partial charge in [0.2, 0.25) is 12.7 Å². The normalized spacial score (nSPS) is 17.7. The molecular weight excluding hydrogens is 374 g/mol. The number of rotatable bonds is 5. The maximum atomic E-state index is 12.7. The van der Waals surface area contributed by atoms with Crippen molar-refractivity contribution in [1.29, 1.82) is 0 Å². The van der Waals surface area contributed by atoms with Crippen LogP contribution in [-0.4, -0.2) is 44.8 Å². The van der Waals surface area contributed by atoms with Gasteiger partial charge in [0.05, 0.1) is 24.8 Å². The third-order valence-electron chi connectivity index (χ3n) is 5.01. The summed E-state index contributed by atoms with van der Waals surface area (Å²) in [7, 11) is 1.57. The molecule has 152 valence electrons. The minimum absolute atomic E-state index is 0.114. The monoisotopic (exact) mass is 397 g/mol. The molecule has 2 amide bonds. The fourth-order valence-electron chi connectivity index (χ4n) is 3.48. The van der Waals surface area contributed by atoms with E-state index in [9.17, 15) is 9.59 Å². The number of carbonyl (C=O) groups excluding carboxylic acids is 2. The zero-order valence-electron chi connectivity index (χ0n) is 16.3. The molecule has 8 nitrogen and oxygen atoms in total. The minimum Gasteiger partial charge on any atom is -0.477 e. The molecule has 2 atom stereocenters. The molecular formula is C21H23N3O5. The smallest absolute Gasteiger partial charge is 0.262 e. The molecule has 2 aromatic rings. The quantitative estimate of drug-likeness (QED) is 0.797. The molecule has 0 spiro atoms. The van der Waals surface area contributed by atoms with Crippen molar-refractivity contribution in [3.63, 3.8) is 0 Å². The molecule has 2 heterocycles. The summed E-state index contributed by atoms with van der Waals surface area (Å²) in [6.45, 7) is 2.53. The largest absolute Gasteiger partial charge is 0.477 e.